The summed E-state index contributed by atoms with van der Waals surface area (Å²) in [6.07, 6.45) is 3.82. The molecule has 0 saturated carbocycles. The van der Waals surface area contributed by atoms with Gasteiger partial charge in [-0.1, -0.05) is 0 Å². The van der Waals surface area contributed by atoms with Gasteiger partial charge in [0.2, 0.25) is 0 Å². The molecular weight excluding hydrogens is 768 g/mol. The molecule has 2 aliphatic heterocycles. The number of carbonyl (C=O) groups is 4. The van der Waals surface area contributed by atoms with Gasteiger partial charge in [-0.2, -0.15) is 0 Å². The maximum Gasteiger partial charge on any atom is 0.415 e. The number of anilines is 2. The number of hydrogen-bond donors (Lipinski definition) is 3. The fourth-order valence-corrected chi connectivity index (χ4v) is 8.30. The summed E-state index contributed by atoms with van der Waals surface area (Å²) in [4.78, 5) is 61.4. The molecule has 0 spiro atoms. The van der Waals surface area contributed by atoms with Crippen molar-refractivity contribution < 1.29 is 38.5 Å². The van der Waals surface area contributed by atoms with Crippen LogP contribution in [0.4, 0.5) is 21.0 Å². The highest BCUT2D eigenvalue weighted by atomic mass is 35.5. The minimum atomic E-state index is -0.617. The third kappa shape index (κ3) is 10.5. The van der Waals surface area contributed by atoms with E-state index in [0.717, 1.165) is 38.8 Å². The first-order chi connectivity index (χ1) is 25.5. The highest BCUT2D eigenvalue weighted by molar-refractivity contribution is 7.21. The second-order valence-electron chi connectivity index (χ2n) is 15.4. The first kappa shape index (κ1) is 43.3. The number of nitrogens with two attached hydrogens (primary N) is 2. The van der Waals surface area contributed by atoms with Crippen molar-refractivity contribution in [1.82, 2.24) is 19.8 Å². The number of rotatable bonds is 3. The van der Waals surface area contributed by atoms with E-state index in [-0.39, 0.29) is 17.2 Å². The monoisotopic (exact) mass is 818 g/mol. The largest absolute Gasteiger partial charge is 0.506 e. The molecule has 14 nitrogen and oxygen atoms in total. The molecule has 4 aromatic heterocycles. The number of aryl methyl sites for hydroxylation is 4. The lowest BCUT2D eigenvalue weighted by Gasteiger charge is -2.19. The Bertz CT molecular complexity index is 2110. The minimum Gasteiger partial charge on any atom is -0.506 e. The van der Waals surface area contributed by atoms with Crippen LogP contribution in [-0.2, 0) is 9.47 Å². The number of ether oxygens (including phenoxy) is 3. The van der Waals surface area contributed by atoms with Crippen LogP contribution in [0.25, 0.3) is 20.4 Å². The summed E-state index contributed by atoms with van der Waals surface area (Å²) in [5, 5.41) is 10.9. The van der Waals surface area contributed by atoms with E-state index in [2.05, 4.69) is 9.97 Å². The fourth-order valence-electron chi connectivity index (χ4n) is 5.98. The smallest absolute Gasteiger partial charge is 0.415 e. The van der Waals surface area contributed by atoms with Crippen molar-refractivity contribution in [3.8, 4) is 11.5 Å². The maximum atomic E-state index is 12.5. The molecular formula is C38H51ClN6O8S2. The lowest BCUT2D eigenvalue weighted by atomic mass is 10.1. The maximum absolute atomic E-state index is 12.5. The number of nitrogen functional groups attached to an aromatic ring is 2. The van der Waals surface area contributed by atoms with Crippen LogP contribution in [0.15, 0.2) is 0 Å². The number of halogens is 1. The van der Waals surface area contributed by atoms with Crippen LogP contribution in [0.3, 0.4) is 0 Å². The number of carbonyl (C=O) groups excluding carboxylic acids is 4. The standard InChI is InChI=1S/C19H25N3O4S.C14H18N2O3S.C5H8ClNO/c1-10-12-13(20)15(17(23)26-19(3,4)5)27-16(12)21-11(2)14(10)25-18(24)22-8-6-7-9-22;1-6-8-9(15)11(13(18)19-14(3,4)5)20-12(8)16-7(2)10(6)17;6-5(8)7-3-1-2-4-7/h6-9,20H2,1-5H3;17H,15H2,1-5H3;1-4H2. The van der Waals surface area contributed by atoms with E-state index in [4.69, 9.17) is 37.3 Å². The van der Waals surface area contributed by atoms with Gasteiger partial charge in [0, 0.05) is 48.1 Å². The summed E-state index contributed by atoms with van der Waals surface area (Å²) in [5.74, 6) is -0.428. The first-order valence-electron chi connectivity index (χ1n) is 18.0. The molecule has 0 radical (unpaired) electrons. The van der Waals surface area contributed by atoms with Crippen LogP contribution < -0.4 is 16.2 Å². The molecule has 0 unspecified atom stereocenters. The first-order valence-corrected chi connectivity index (χ1v) is 20.0. The molecule has 4 aromatic rings. The topological polar surface area (TPSA) is 200 Å². The molecule has 2 saturated heterocycles. The number of pyridine rings is 2. The Morgan fingerprint density at radius 2 is 1.09 bits per heavy atom. The summed E-state index contributed by atoms with van der Waals surface area (Å²) in [6, 6.07) is 0. The van der Waals surface area contributed by atoms with E-state index in [1.165, 1.54) is 22.7 Å². The van der Waals surface area contributed by atoms with Gasteiger partial charge >= 0.3 is 23.4 Å². The van der Waals surface area contributed by atoms with E-state index < -0.39 is 23.1 Å². The van der Waals surface area contributed by atoms with Crippen molar-refractivity contribution in [3.63, 3.8) is 0 Å². The molecule has 0 atom stereocenters. The van der Waals surface area contributed by atoms with Crippen LogP contribution in [0.1, 0.15) is 109 Å². The number of amides is 2. The summed E-state index contributed by atoms with van der Waals surface area (Å²) >= 11 is 7.55. The summed E-state index contributed by atoms with van der Waals surface area (Å²) in [7, 11) is 0. The number of fused-ring (bicyclic) bond motifs is 2. The van der Waals surface area contributed by atoms with Crippen LogP contribution >= 0.6 is 34.3 Å². The molecule has 2 amide bonds. The molecule has 0 aliphatic carbocycles. The zero-order valence-corrected chi connectivity index (χ0v) is 35.5. The Hall–Kier alpha value is -4.41. The van der Waals surface area contributed by atoms with E-state index >= 15 is 0 Å². The summed E-state index contributed by atoms with van der Waals surface area (Å²) in [6.45, 7) is 21.0. The average molecular weight is 819 g/mol. The van der Waals surface area contributed by atoms with E-state index in [1.54, 1.807) is 72.1 Å². The number of esters is 2. The van der Waals surface area contributed by atoms with Gasteiger partial charge in [0.25, 0.3) is 0 Å². The second-order valence-corrected chi connectivity index (χ2v) is 17.7. The van der Waals surface area contributed by atoms with Crippen molar-refractivity contribution in [2.24, 2.45) is 0 Å². The Kier molecular flexibility index (Phi) is 13.5. The van der Waals surface area contributed by atoms with Gasteiger partial charge in [0.15, 0.2) is 5.75 Å². The molecule has 5 N–H and O–H groups in total. The Labute approximate surface area is 334 Å². The molecule has 6 heterocycles. The molecule has 0 bridgehead atoms. The predicted molar refractivity (Wildman–Crippen MR) is 218 cm³/mol. The average Bonchev–Trinajstić information content (AvgIpc) is 3.89. The van der Waals surface area contributed by atoms with Gasteiger partial charge in [-0.15, -0.1) is 22.7 Å². The van der Waals surface area contributed by atoms with Crippen LogP contribution in [0.5, 0.6) is 11.5 Å². The number of likely N-dealkylation sites (tertiary alicyclic amines) is 2. The third-order valence-electron chi connectivity index (χ3n) is 8.59. The van der Waals surface area contributed by atoms with Gasteiger partial charge in [0.1, 0.15) is 36.4 Å². The number of aromatic hydroxyl groups is 1. The minimum absolute atomic E-state index is 0.109. The fraction of sp³-hybridized carbons (Fsp3) is 0.526. The van der Waals surface area contributed by atoms with Crippen LogP contribution in [0, 0.1) is 27.7 Å². The molecule has 55 heavy (non-hydrogen) atoms. The van der Waals surface area contributed by atoms with Gasteiger partial charge in [-0.3, -0.25) is 4.79 Å². The van der Waals surface area contributed by atoms with Crippen molar-refractivity contribution in [1.29, 1.82) is 0 Å². The Balaban J connectivity index is 0.000000209. The molecule has 6 rings (SSSR count). The summed E-state index contributed by atoms with van der Waals surface area (Å²) < 4.78 is 16.4. The van der Waals surface area contributed by atoms with E-state index in [0.29, 0.717) is 82.9 Å². The number of thiophene rings is 2. The second kappa shape index (κ2) is 17.2. The molecule has 0 aromatic carbocycles. The zero-order chi connectivity index (χ0) is 41.2. The molecule has 17 heteroatoms. The van der Waals surface area contributed by atoms with Gasteiger partial charge in [-0.25, -0.2) is 24.4 Å². The van der Waals surface area contributed by atoms with Crippen molar-refractivity contribution >= 4 is 89.5 Å². The highest BCUT2D eigenvalue weighted by Gasteiger charge is 2.28. The van der Waals surface area contributed by atoms with Gasteiger partial charge in [-0.05, 0) is 107 Å². The highest BCUT2D eigenvalue weighted by Crippen LogP contribution is 2.41. The normalized spacial score (nSPS) is 14.3. The number of hydrogen-bond acceptors (Lipinski definition) is 14. The van der Waals surface area contributed by atoms with E-state index in [1.807, 2.05) is 6.92 Å². The molecule has 300 valence electrons. The number of aromatic nitrogens is 2. The lowest BCUT2D eigenvalue weighted by Crippen LogP contribution is -2.31. The summed E-state index contributed by atoms with van der Waals surface area (Å²) in [5.41, 5.74) is 14.2. The predicted octanol–water partition coefficient (Wildman–Crippen LogP) is 8.64. The molecule has 2 aliphatic rings. The van der Waals surface area contributed by atoms with Crippen LogP contribution in [-0.4, -0.2) is 85.7 Å². The van der Waals surface area contributed by atoms with Crippen molar-refractivity contribution in [2.45, 2.75) is 106 Å². The SMILES string of the molecule is Cc1nc2sc(C(=O)OC(C)(C)C)c(N)c2c(C)c1O.Cc1nc2sc(C(=O)OC(C)(C)C)c(N)c2c(C)c1OC(=O)N1CCCC1.O=C(Cl)N1CCCC1. The van der Waals surface area contributed by atoms with Gasteiger partial charge < -0.3 is 40.6 Å². The van der Waals surface area contributed by atoms with Crippen molar-refractivity contribution in [3.05, 3.63) is 32.3 Å². The third-order valence-corrected chi connectivity index (χ3v) is 11.0. The Morgan fingerprint density at radius 1 is 0.691 bits per heavy atom. The molecule has 2 fully saturated rings. The van der Waals surface area contributed by atoms with Gasteiger partial charge in [0.05, 0.1) is 22.8 Å². The Morgan fingerprint density at radius 3 is 1.49 bits per heavy atom. The lowest BCUT2D eigenvalue weighted by molar-refractivity contribution is 0.00636. The van der Waals surface area contributed by atoms with Crippen molar-refractivity contribution in [2.75, 3.05) is 37.6 Å². The van der Waals surface area contributed by atoms with Crippen LogP contribution in [0.2, 0.25) is 0 Å². The van der Waals surface area contributed by atoms with E-state index in [9.17, 15) is 24.3 Å². The zero-order valence-electron chi connectivity index (χ0n) is 33.1. The quantitative estimate of drug-likeness (QED) is 0.101. The number of nitrogens with zero attached hydrogens (tertiary/aromatic N) is 4.